The quantitative estimate of drug-likeness (QED) is 0.851. The molecule has 1 N–H and O–H groups in total. The van der Waals surface area contributed by atoms with Gasteiger partial charge in [0.15, 0.2) is 0 Å². The van der Waals surface area contributed by atoms with Crippen LogP contribution in [-0.4, -0.2) is 21.9 Å². The van der Waals surface area contributed by atoms with Crippen molar-refractivity contribution < 1.29 is 14.7 Å². The molecule has 1 saturated heterocycles. The number of rotatable bonds is 3. The fourth-order valence-corrected chi connectivity index (χ4v) is 2.66. The number of benzene rings is 1. The molecule has 18 heavy (non-hydrogen) atoms. The highest BCUT2D eigenvalue weighted by molar-refractivity contribution is 8.14. The highest BCUT2D eigenvalue weighted by atomic mass is 32.2. The second-order valence-electron chi connectivity index (χ2n) is 4.28. The van der Waals surface area contributed by atoms with Gasteiger partial charge in [0.05, 0.1) is 5.92 Å². The molecule has 1 unspecified atom stereocenters. The van der Waals surface area contributed by atoms with E-state index in [0.717, 1.165) is 28.9 Å². The van der Waals surface area contributed by atoms with E-state index in [4.69, 9.17) is 5.11 Å². The van der Waals surface area contributed by atoms with Crippen molar-refractivity contribution in [1.82, 2.24) is 0 Å². The van der Waals surface area contributed by atoms with Gasteiger partial charge in [0.1, 0.15) is 0 Å². The third kappa shape index (κ3) is 2.82. The van der Waals surface area contributed by atoms with Gasteiger partial charge in [-0.15, -0.1) is 0 Å². The van der Waals surface area contributed by atoms with Crippen molar-refractivity contribution in [3.8, 4) is 0 Å². The maximum Gasteiger partial charge on any atom is 0.310 e. The molecule has 0 aromatic heterocycles. The van der Waals surface area contributed by atoms with Crippen molar-refractivity contribution in [2.75, 3.05) is 5.75 Å². The van der Waals surface area contributed by atoms with Crippen molar-refractivity contribution in [2.45, 2.75) is 19.3 Å². The zero-order valence-corrected chi connectivity index (χ0v) is 10.9. The summed E-state index contributed by atoms with van der Waals surface area (Å²) in [5.74, 6) is -0.474. The molecule has 1 aliphatic rings. The van der Waals surface area contributed by atoms with Gasteiger partial charge in [-0.3, -0.25) is 9.59 Å². The van der Waals surface area contributed by atoms with Crippen LogP contribution < -0.4 is 0 Å². The summed E-state index contributed by atoms with van der Waals surface area (Å²) in [6, 6.07) is 7.32. The van der Waals surface area contributed by atoms with Crippen LogP contribution in [-0.2, 0) is 9.59 Å². The predicted molar refractivity (Wildman–Crippen MR) is 72.6 cm³/mol. The molecule has 0 spiro atoms. The number of carbonyl (C=O) groups is 2. The molecule has 1 aromatic carbocycles. The molecule has 1 heterocycles. The van der Waals surface area contributed by atoms with Gasteiger partial charge in [0.2, 0.25) is 5.12 Å². The summed E-state index contributed by atoms with van der Waals surface area (Å²) in [7, 11) is 0. The van der Waals surface area contributed by atoms with E-state index in [1.54, 1.807) is 19.1 Å². The molecule has 0 aliphatic carbocycles. The Kier molecular flexibility index (Phi) is 3.87. The van der Waals surface area contributed by atoms with E-state index >= 15 is 0 Å². The largest absolute Gasteiger partial charge is 0.481 e. The molecule has 3 nitrogen and oxygen atoms in total. The van der Waals surface area contributed by atoms with Gasteiger partial charge < -0.3 is 5.11 Å². The summed E-state index contributed by atoms with van der Waals surface area (Å²) < 4.78 is 0. The first-order chi connectivity index (χ1) is 8.58. The van der Waals surface area contributed by atoms with E-state index < -0.39 is 11.9 Å². The lowest BCUT2D eigenvalue weighted by atomic mass is 9.99. The zero-order chi connectivity index (χ0) is 13.1. The fourth-order valence-electron chi connectivity index (χ4n) is 1.80. The van der Waals surface area contributed by atoms with Gasteiger partial charge in [-0.1, -0.05) is 36.0 Å². The minimum Gasteiger partial charge on any atom is -0.481 e. The highest BCUT2D eigenvalue weighted by Gasteiger charge is 2.17. The number of carboxylic acid groups (broad SMARTS) is 1. The Morgan fingerprint density at radius 1 is 1.39 bits per heavy atom. The Morgan fingerprint density at radius 2 is 2.06 bits per heavy atom. The summed E-state index contributed by atoms with van der Waals surface area (Å²) in [5.41, 5.74) is 2.57. The lowest BCUT2D eigenvalue weighted by Gasteiger charge is -2.06. The molecular weight excluding hydrogens is 248 g/mol. The first kappa shape index (κ1) is 12.9. The van der Waals surface area contributed by atoms with Crippen molar-refractivity contribution >= 4 is 28.9 Å². The number of aliphatic carboxylic acids is 1. The van der Waals surface area contributed by atoms with Crippen LogP contribution in [0.15, 0.2) is 29.8 Å². The first-order valence-corrected chi connectivity index (χ1v) is 6.77. The molecule has 1 aromatic rings. The van der Waals surface area contributed by atoms with Gasteiger partial charge in [-0.2, -0.15) is 0 Å². The second-order valence-corrected chi connectivity index (χ2v) is 5.35. The number of carboxylic acids is 1. The summed E-state index contributed by atoms with van der Waals surface area (Å²) in [5, 5.41) is 9.06. The molecule has 0 radical (unpaired) electrons. The Labute approximate surface area is 110 Å². The van der Waals surface area contributed by atoms with Crippen molar-refractivity contribution in [3.63, 3.8) is 0 Å². The van der Waals surface area contributed by atoms with E-state index in [0.29, 0.717) is 0 Å². The van der Waals surface area contributed by atoms with Crippen LogP contribution in [0.2, 0.25) is 0 Å². The number of thioether (sulfide) groups is 1. The average molecular weight is 262 g/mol. The van der Waals surface area contributed by atoms with Crippen LogP contribution in [0.3, 0.4) is 0 Å². The summed E-state index contributed by atoms with van der Waals surface area (Å²) >= 11 is 1.35. The van der Waals surface area contributed by atoms with E-state index in [-0.39, 0.29) is 5.12 Å². The maximum atomic E-state index is 11.5. The van der Waals surface area contributed by atoms with E-state index in [2.05, 4.69) is 0 Å². The lowest BCUT2D eigenvalue weighted by Crippen LogP contribution is -2.06. The minimum absolute atomic E-state index is 0.151. The van der Waals surface area contributed by atoms with Crippen LogP contribution in [0.4, 0.5) is 0 Å². The number of hydrogen-bond acceptors (Lipinski definition) is 3. The topological polar surface area (TPSA) is 54.4 Å². The van der Waals surface area contributed by atoms with E-state index in [1.165, 1.54) is 11.8 Å². The molecule has 0 amide bonds. The van der Waals surface area contributed by atoms with Crippen molar-refractivity contribution in [1.29, 1.82) is 0 Å². The zero-order valence-electron chi connectivity index (χ0n) is 10.1. The summed E-state index contributed by atoms with van der Waals surface area (Å²) in [4.78, 5) is 22.3. The first-order valence-electron chi connectivity index (χ1n) is 5.78. The fraction of sp³-hybridized carbons (Fsp3) is 0.286. The third-order valence-electron chi connectivity index (χ3n) is 3.01. The summed E-state index contributed by atoms with van der Waals surface area (Å²) in [6.45, 7) is 1.66. The van der Waals surface area contributed by atoms with Crippen LogP contribution >= 0.6 is 11.8 Å². The van der Waals surface area contributed by atoms with Gasteiger partial charge in [-0.05, 0) is 30.5 Å². The van der Waals surface area contributed by atoms with Crippen LogP contribution in [0.1, 0.15) is 30.4 Å². The van der Waals surface area contributed by atoms with Crippen molar-refractivity contribution in [3.05, 3.63) is 41.0 Å². The maximum absolute atomic E-state index is 11.5. The van der Waals surface area contributed by atoms with E-state index in [9.17, 15) is 9.59 Å². The second kappa shape index (κ2) is 5.40. The Bertz CT molecular complexity index is 502. The molecule has 1 aliphatic heterocycles. The monoisotopic (exact) mass is 262 g/mol. The predicted octanol–water partition coefficient (Wildman–Crippen LogP) is 2.92. The molecule has 4 heteroatoms. The normalized spacial score (nSPS) is 19.2. The van der Waals surface area contributed by atoms with E-state index in [1.807, 2.05) is 18.2 Å². The standard InChI is InChI=1S/C14H14O3S/c1-9(13(15)16)11-4-2-10(3-5-11)8-12-6-7-18-14(12)17/h2-5,8-9H,6-7H2,1H3,(H,15,16)/b12-8+. The summed E-state index contributed by atoms with van der Waals surface area (Å²) in [6.07, 6.45) is 2.70. The minimum atomic E-state index is -0.830. The van der Waals surface area contributed by atoms with Crippen LogP contribution in [0.5, 0.6) is 0 Å². The molecule has 94 valence electrons. The highest BCUT2D eigenvalue weighted by Crippen LogP contribution is 2.27. The average Bonchev–Trinajstić information content (AvgIpc) is 2.75. The lowest BCUT2D eigenvalue weighted by molar-refractivity contribution is -0.138. The van der Waals surface area contributed by atoms with Gasteiger partial charge in [0, 0.05) is 11.3 Å². The molecule has 1 atom stereocenters. The smallest absolute Gasteiger partial charge is 0.310 e. The van der Waals surface area contributed by atoms with Crippen LogP contribution in [0.25, 0.3) is 6.08 Å². The third-order valence-corrected chi connectivity index (χ3v) is 3.95. The van der Waals surface area contributed by atoms with Crippen LogP contribution in [0, 0.1) is 0 Å². The molecule has 2 rings (SSSR count). The number of hydrogen-bond donors (Lipinski definition) is 1. The van der Waals surface area contributed by atoms with Gasteiger partial charge in [-0.25, -0.2) is 0 Å². The SMILES string of the molecule is CC(C(=O)O)c1ccc(/C=C2\CCSC2=O)cc1. The molecule has 0 saturated carbocycles. The Balaban J connectivity index is 2.18. The molecule has 0 bridgehead atoms. The molecular formula is C14H14O3S. The van der Waals surface area contributed by atoms with Crippen molar-refractivity contribution in [2.24, 2.45) is 0 Å². The van der Waals surface area contributed by atoms with Gasteiger partial charge >= 0.3 is 5.97 Å². The Hall–Kier alpha value is -1.55. The Morgan fingerprint density at radius 3 is 2.56 bits per heavy atom. The molecule has 1 fully saturated rings. The number of carbonyl (C=O) groups excluding carboxylic acids is 1. The van der Waals surface area contributed by atoms with Gasteiger partial charge in [0.25, 0.3) is 0 Å².